The average Bonchev–Trinajstić information content (AvgIpc) is 2.18. The first-order chi connectivity index (χ1) is 6.65. The molecule has 2 amide bonds. The number of nitrogens with one attached hydrogen (secondary N) is 1. The molecule has 1 fully saturated rings. The zero-order chi connectivity index (χ0) is 10.6. The molecule has 0 radical (unpaired) electrons. The molecule has 1 unspecified atom stereocenters. The maximum absolute atomic E-state index is 11.4. The van der Waals surface area contributed by atoms with Gasteiger partial charge in [0.1, 0.15) is 0 Å². The number of hydrogen-bond donors (Lipinski definition) is 1. The van der Waals surface area contributed by atoms with Crippen LogP contribution in [-0.2, 0) is 14.3 Å². The van der Waals surface area contributed by atoms with Crippen molar-refractivity contribution in [3.8, 4) is 0 Å². The molecule has 0 spiro atoms. The van der Waals surface area contributed by atoms with Gasteiger partial charge in [-0.3, -0.25) is 9.59 Å². The molecule has 0 aromatic rings. The van der Waals surface area contributed by atoms with Gasteiger partial charge in [0, 0.05) is 19.8 Å². The monoisotopic (exact) mass is 200 g/mol. The van der Waals surface area contributed by atoms with Gasteiger partial charge in [-0.05, 0) is 13.3 Å². The van der Waals surface area contributed by atoms with Crippen LogP contribution in [0.1, 0.15) is 13.3 Å². The first kappa shape index (κ1) is 11.0. The lowest BCUT2D eigenvalue weighted by Gasteiger charge is -2.32. The number of methoxy groups -OCH3 is 1. The molecule has 1 aliphatic heterocycles. The number of hydrogen-bond acceptors (Lipinski definition) is 3. The van der Waals surface area contributed by atoms with Gasteiger partial charge in [0.25, 0.3) is 0 Å². The Hall–Kier alpha value is -1.10. The van der Waals surface area contributed by atoms with Crippen LogP contribution in [-0.4, -0.2) is 49.6 Å². The highest BCUT2D eigenvalue weighted by atomic mass is 16.5. The predicted octanol–water partition coefficient (Wildman–Crippen LogP) is -0.630. The van der Waals surface area contributed by atoms with E-state index in [9.17, 15) is 9.59 Å². The Bertz CT molecular complexity index is 230. The normalized spacial score (nSPS) is 19.4. The van der Waals surface area contributed by atoms with Crippen molar-refractivity contribution in [3.05, 3.63) is 0 Å². The zero-order valence-electron chi connectivity index (χ0n) is 8.58. The summed E-state index contributed by atoms with van der Waals surface area (Å²) < 4.78 is 4.93. The first-order valence-corrected chi connectivity index (χ1v) is 4.70. The summed E-state index contributed by atoms with van der Waals surface area (Å²) in [5.41, 5.74) is 0. The topological polar surface area (TPSA) is 58.6 Å². The maximum Gasteiger partial charge on any atom is 0.242 e. The summed E-state index contributed by atoms with van der Waals surface area (Å²) in [5, 5.41) is 2.51. The minimum absolute atomic E-state index is 0.0202. The quantitative estimate of drug-likeness (QED) is 0.657. The molecule has 0 bridgehead atoms. The van der Waals surface area contributed by atoms with Crippen LogP contribution in [0.3, 0.4) is 0 Å². The lowest BCUT2D eigenvalue weighted by molar-refractivity contribution is -0.142. The standard InChI is InChI=1S/C9H16N2O3/c1-7(3-4-14-2)11-6-8(12)10-5-9(11)13/h7H,3-6H2,1-2H3,(H,10,12). The largest absolute Gasteiger partial charge is 0.385 e. The van der Waals surface area contributed by atoms with E-state index in [0.29, 0.717) is 6.61 Å². The summed E-state index contributed by atoms with van der Waals surface area (Å²) >= 11 is 0. The van der Waals surface area contributed by atoms with Gasteiger partial charge in [-0.25, -0.2) is 0 Å². The molecule has 1 atom stereocenters. The van der Waals surface area contributed by atoms with Crippen LogP contribution in [0.4, 0.5) is 0 Å². The summed E-state index contributed by atoms with van der Waals surface area (Å²) in [4.78, 5) is 24.1. The molecular formula is C9H16N2O3. The predicted molar refractivity (Wildman–Crippen MR) is 50.7 cm³/mol. The fourth-order valence-electron chi connectivity index (χ4n) is 1.42. The van der Waals surface area contributed by atoms with Crippen molar-refractivity contribution in [3.63, 3.8) is 0 Å². The first-order valence-electron chi connectivity index (χ1n) is 4.70. The number of rotatable bonds is 4. The number of piperazine rings is 1. The Morgan fingerprint density at radius 3 is 2.93 bits per heavy atom. The molecule has 0 aromatic heterocycles. The second-order valence-corrected chi connectivity index (χ2v) is 3.43. The van der Waals surface area contributed by atoms with Crippen molar-refractivity contribution in [2.45, 2.75) is 19.4 Å². The maximum atomic E-state index is 11.4. The molecule has 1 N–H and O–H groups in total. The van der Waals surface area contributed by atoms with E-state index in [1.807, 2.05) is 6.92 Å². The van der Waals surface area contributed by atoms with Crippen molar-refractivity contribution in [2.75, 3.05) is 26.8 Å². The summed E-state index contributed by atoms with van der Waals surface area (Å²) in [5.74, 6) is -0.109. The Balaban J connectivity index is 2.47. The van der Waals surface area contributed by atoms with Gasteiger partial charge in [0.05, 0.1) is 13.1 Å². The molecule has 1 rings (SSSR count). The lowest BCUT2D eigenvalue weighted by Crippen LogP contribution is -2.54. The number of amides is 2. The Kier molecular flexibility index (Phi) is 3.88. The summed E-state index contributed by atoms with van der Waals surface area (Å²) in [6, 6.07) is 0.0634. The van der Waals surface area contributed by atoms with E-state index in [0.717, 1.165) is 6.42 Å². The molecule has 5 heteroatoms. The van der Waals surface area contributed by atoms with Crippen LogP contribution in [0.5, 0.6) is 0 Å². The molecule has 0 aromatic carbocycles. The van der Waals surface area contributed by atoms with Crippen LogP contribution >= 0.6 is 0 Å². The highest BCUT2D eigenvalue weighted by Crippen LogP contribution is 2.06. The van der Waals surface area contributed by atoms with E-state index >= 15 is 0 Å². The van der Waals surface area contributed by atoms with Gasteiger partial charge < -0.3 is 15.0 Å². The molecule has 1 heterocycles. The van der Waals surface area contributed by atoms with Gasteiger partial charge in [-0.15, -0.1) is 0 Å². The third kappa shape index (κ3) is 2.70. The van der Waals surface area contributed by atoms with Gasteiger partial charge in [0.2, 0.25) is 11.8 Å². The third-order valence-electron chi connectivity index (χ3n) is 2.34. The molecule has 0 aliphatic carbocycles. The van der Waals surface area contributed by atoms with Gasteiger partial charge >= 0.3 is 0 Å². The molecule has 5 nitrogen and oxygen atoms in total. The van der Waals surface area contributed by atoms with E-state index in [-0.39, 0.29) is 30.9 Å². The molecule has 1 aliphatic rings. The van der Waals surface area contributed by atoms with Crippen LogP contribution in [0.25, 0.3) is 0 Å². The van der Waals surface area contributed by atoms with Crippen molar-refractivity contribution >= 4 is 11.8 Å². The van der Waals surface area contributed by atoms with Crippen LogP contribution < -0.4 is 5.32 Å². The SMILES string of the molecule is COCCC(C)N1CC(=O)NCC1=O. The highest BCUT2D eigenvalue weighted by molar-refractivity contribution is 5.92. The summed E-state index contributed by atoms with van der Waals surface area (Å²) in [6.07, 6.45) is 0.759. The van der Waals surface area contributed by atoms with E-state index in [4.69, 9.17) is 4.74 Å². The number of carbonyl (C=O) groups is 2. The Labute approximate surface area is 83.4 Å². The van der Waals surface area contributed by atoms with Crippen molar-refractivity contribution in [1.29, 1.82) is 0 Å². The van der Waals surface area contributed by atoms with E-state index < -0.39 is 0 Å². The van der Waals surface area contributed by atoms with E-state index in [2.05, 4.69) is 5.32 Å². The van der Waals surface area contributed by atoms with Crippen molar-refractivity contribution < 1.29 is 14.3 Å². The van der Waals surface area contributed by atoms with Crippen molar-refractivity contribution in [1.82, 2.24) is 10.2 Å². The van der Waals surface area contributed by atoms with Crippen LogP contribution in [0.15, 0.2) is 0 Å². The van der Waals surface area contributed by atoms with Crippen LogP contribution in [0, 0.1) is 0 Å². The minimum atomic E-state index is -0.0890. The Morgan fingerprint density at radius 2 is 2.29 bits per heavy atom. The zero-order valence-corrected chi connectivity index (χ0v) is 8.58. The molecule has 1 saturated heterocycles. The fourth-order valence-corrected chi connectivity index (χ4v) is 1.42. The van der Waals surface area contributed by atoms with E-state index in [1.54, 1.807) is 12.0 Å². The number of carbonyl (C=O) groups excluding carboxylic acids is 2. The number of nitrogens with zero attached hydrogens (tertiary/aromatic N) is 1. The fraction of sp³-hybridized carbons (Fsp3) is 0.778. The number of ether oxygens (including phenoxy) is 1. The third-order valence-corrected chi connectivity index (χ3v) is 2.34. The smallest absolute Gasteiger partial charge is 0.242 e. The molecule has 14 heavy (non-hydrogen) atoms. The van der Waals surface area contributed by atoms with E-state index in [1.165, 1.54) is 0 Å². The van der Waals surface area contributed by atoms with Gasteiger partial charge in [-0.2, -0.15) is 0 Å². The molecule has 80 valence electrons. The second-order valence-electron chi connectivity index (χ2n) is 3.43. The second kappa shape index (κ2) is 4.95. The van der Waals surface area contributed by atoms with Gasteiger partial charge in [0.15, 0.2) is 0 Å². The van der Waals surface area contributed by atoms with Gasteiger partial charge in [-0.1, -0.05) is 0 Å². The van der Waals surface area contributed by atoms with Crippen LogP contribution in [0.2, 0.25) is 0 Å². The molecular weight excluding hydrogens is 184 g/mol. The molecule has 0 saturated carbocycles. The minimum Gasteiger partial charge on any atom is -0.385 e. The van der Waals surface area contributed by atoms with Crippen molar-refractivity contribution in [2.24, 2.45) is 0 Å². The Morgan fingerprint density at radius 1 is 1.57 bits per heavy atom. The lowest BCUT2D eigenvalue weighted by atomic mass is 10.2. The highest BCUT2D eigenvalue weighted by Gasteiger charge is 2.26. The summed E-state index contributed by atoms with van der Waals surface area (Å²) in [6.45, 7) is 2.82. The summed E-state index contributed by atoms with van der Waals surface area (Å²) in [7, 11) is 1.62. The average molecular weight is 200 g/mol.